The first kappa shape index (κ1) is 19.2. The van der Waals surface area contributed by atoms with Crippen molar-refractivity contribution >= 4 is 6.09 Å². The van der Waals surface area contributed by atoms with E-state index in [1.807, 2.05) is 26.8 Å². The maximum Gasteiger partial charge on any atom is 0.410 e. The molecule has 5 heteroatoms. The van der Waals surface area contributed by atoms with E-state index in [1.54, 1.807) is 4.90 Å². The number of amides is 1. The Kier molecular flexibility index (Phi) is 5.31. The van der Waals surface area contributed by atoms with Gasteiger partial charge in [0.05, 0.1) is 13.1 Å². The Morgan fingerprint density at radius 1 is 1.23 bits per heavy atom. The Balaban J connectivity index is 1.67. The van der Waals surface area contributed by atoms with Crippen LogP contribution in [0.3, 0.4) is 0 Å². The van der Waals surface area contributed by atoms with E-state index in [0.29, 0.717) is 19.1 Å². The molecular formula is C21H32N2O3. The third-order valence-electron chi connectivity index (χ3n) is 5.48. The number of hydrogen-bond acceptors (Lipinski definition) is 4. The highest BCUT2D eigenvalue weighted by atomic mass is 16.6. The Morgan fingerprint density at radius 2 is 1.88 bits per heavy atom. The predicted molar refractivity (Wildman–Crippen MR) is 102 cm³/mol. The van der Waals surface area contributed by atoms with Gasteiger partial charge in [0.1, 0.15) is 11.2 Å². The quantitative estimate of drug-likeness (QED) is 0.897. The standard InChI is InChI=1S/C21H32N2O3/c1-16-9-8-12-18(23(16)13-17-10-6-5-7-11-17)21(25)14-22(15-21)19(24)26-20(2,3)4/h5-7,10-11,16,18,25H,8-9,12-15H2,1-4H3/t16-,18-/m1/s1. The van der Waals surface area contributed by atoms with Crippen LogP contribution in [0.15, 0.2) is 30.3 Å². The molecule has 0 radical (unpaired) electrons. The fourth-order valence-electron chi connectivity index (χ4n) is 4.16. The first-order valence-electron chi connectivity index (χ1n) is 9.68. The lowest BCUT2D eigenvalue weighted by atomic mass is 9.79. The molecule has 2 aliphatic rings. The van der Waals surface area contributed by atoms with E-state index >= 15 is 0 Å². The minimum Gasteiger partial charge on any atom is -0.444 e. The van der Waals surface area contributed by atoms with E-state index < -0.39 is 11.2 Å². The molecule has 0 aromatic heterocycles. The average molecular weight is 360 g/mol. The van der Waals surface area contributed by atoms with Crippen molar-refractivity contribution in [2.24, 2.45) is 0 Å². The maximum absolute atomic E-state index is 12.2. The predicted octanol–water partition coefficient (Wildman–Crippen LogP) is 3.41. The van der Waals surface area contributed by atoms with Gasteiger partial charge < -0.3 is 14.7 Å². The van der Waals surface area contributed by atoms with Crippen molar-refractivity contribution in [1.29, 1.82) is 0 Å². The van der Waals surface area contributed by atoms with Gasteiger partial charge in [0.15, 0.2) is 0 Å². The van der Waals surface area contributed by atoms with Gasteiger partial charge in [-0.2, -0.15) is 0 Å². The van der Waals surface area contributed by atoms with Gasteiger partial charge in [0.2, 0.25) is 0 Å². The molecule has 2 heterocycles. The highest BCUT2D eigenvalue weighted by Gasteiger charge is 2.53. The molecule has 2 aliphatic heterocycles. The second kappa shape index (κ2) is 7.20. The number of β-amino-alcohol motifs (C(OH)–C–C–N with tert-alkyl or cyclic N) is 1. The van der Waals surface area contributed by atoms with Gasteiger partial charge in [-0.25, -0.2) is 4.79 Å². The molecule has 0 unspecified atom stereocenters. The number of carbonyl (C=O) groups is 1. The van der Waals surface area contributed by atoms with Crippen LogP contribution >= 0.6 is 0 Å². The summed E-state index contributed by atoms with van der Waals surface area (Å²) in [6, 6.07) is 10.9. The van der Waals surface area contributed by atoms with Gasteiger partial charge in [-0.1, -0.05) is 36.8 Å². The fourth-order valence-corrected chi connectivity index (χ4v) is 4.16. The van der Waals surface area contributed by atoms with Crippen molar-refractivity contribution in [1.82, 2.24) is 9.80 Å². The molecule has 0 saturated carbocycles. The Bertz CT molecular complexity index is 620. The minimum absolute atomic E-state index is 0.0742. The van der Waals surface area contributed by atoms with Gasteiger partial charge in [-0.15, -0.1) is 0 Å². The molecule has 0 aliphatic carbocycles. The molecular weight excluding hydrogens is 328 g/mol. The lowest BCUT2D eigenvalue weighted by molar-refractivity contribution is -0.158. The highest BCUT2D eigenvalue weighted by molar-refractivity contribution is 5.69. The van der Waals surface area contributed by atoms with Crippen molar-refractivity contribution in [2.45, 2.75) is 76.8 Å². The summed E-state index contributed by atoms with van der Waals surface area (Å²) < 4.78 is 5.43. The first-order valence-corrected chi connectivity index (χ1v) is 9.68. The lowest BCUT2D eigenvalue weighted by Crippen LogP contribution is -2.73. The summed E-state index contributed by atoms with van der Waals surface area (Å²) >= 11 is 0. The molecule has 0 spiro atoms. The van der Waals surface area contributed by atoms with Gasteiger partial charge in [-0.3, -0.25) is 4.90 Å². The summed E-state index contributed by atoms with van der Waals surface area (Å²) in [6.07, 6.45) is 2.90. The number of ether oxygens (including phenoxy) is 1. The Morgan fingerprint density at radius 3 is 2.50 bits per heavy atom. The van der Waals surface area contributed by atoms with Crippen LogP contribution in [-0.4, -0.2) is 57.4 Å². The van der Waals surface area contributed by atoms with Gasteiger partial charge in [0, 0.05) is 18.6 Å². The summed E-state index contributed by atoms with van der Waals surface area (Å²) in [7, 11) is 0. The smallest absolute Gasteiger partial charge is 0.410 e. The summed E-state index contributed by atoms with van der Waals surface area (Å²) in [5, 5.41) is 11.2. The zero-order valence-electron chi connectivity index (χ0n) is 16.4. The monoisotopic (exact) mass is 360 g/mol. The normalized spacial score (nSPS) is 26.3. The molecule has 2 atom stereocenters. The average Bonchev–Trinajstić information content (AvgIpc) is 2.53. The van der Waals surface area contributed by atoms with Crippen LogP contribution in [0, 0.1) is 0 Å². The van der Waals surface area contributed by atoms with Crippen LogP contribution in [-0.2, 0) is 11.3 Å². The Hall–Kier alpha value is -1.59. The van der Waals surface area contributed by atoms with Crippen molar-refractivity contribution in [3.05, 3.63) is 35.9 Å². The number of likely N-dealkylation sites (tertiary alicyclic amines) is 2. The minimum atomic E-state index is -0.847. The largest absolute Gasteiger partial charge is 0.444 e. The number of aliphatic hydroxyl groups is 1. The molecule has 0 bridgehead atoms. The number of carbonyl (C=O) groups excluding carboxylic acids is 1. The molecule has 1 N–H and O–H groups in total. The molecule has 5 nitrogen and oxygen atoms in total. The highest BCUT2D eigenvalue weighted by Crippen LogP contribution is 2.37. The van der Waals surface area contributed by atoms with Crippen molar-refractivity contribution in [3.63, 3.8) is 0 Å². The van der Waals surface area contributed by atoms with Crippen LogP contribution in [0.4, 0.5) is 4.79 Å². The van der Waals surface area contributed by atoms with E-state index in [9.17, 15) is 9.90 Å². The van der Waals surface area contributed by atoms with Crippen molar-refractivity contribution < 1.29 is 14.6 Å². The zero-order valence-corrected chi connectivity index (χ0v) is 16.4. The topological polar surface area (TPSA) is 53.0 Å². The molecule has 144 valence electrons. The summed E-state index contributed by atoms with van der Waals surface area (Å²) in [5.41, 5.74) is -0.0951. The zero-order chi connectivity index (χ0) is 18.9. The number of nitrogens with zero attached hydrogens (tertiary/aromatic N) is 2. The fraction of sp³-hybridized carbons (Fsp3) is 0.667. The second-order valence-corrected chi connectivity index (χ2v) is 8.89. The van der Waals surface area contributed by atoms with E-state index in [1.165, 1.54) is 5.56 Å². The number of benzene rings is 1. The third-order valence-corrected chi connectivity index (χ3v) is 5.48. The van der Waals surface area contributed by atoms with Crippen LogP contribution in [0.5, 0.6) is 0 Å². The van der Waals surface area contributed by atoms with E-state index in [2.05, 4.69) is 36.1 Å². The Labute approximate surface area is 156 Å². The molecule has 1 aromatic rings. The number of rotatable bonds is 3. The van der Waals surface area contributed by atoms with Crippen molar-refractivity contribution in [2.75, 3.05) is 13.1 Å². The molecule has 26 heavy (non-hydrogen) atoms. The summed E-state index contributed by atoms with van der Waals surface area (Å²) in [4.78, 5) is 16.3. The van der Waals surface area contributed by atoms with E-state index in [4.69, 9.17) is 4.74 Å². The first-order chi connectivity index (χ1) is 12.2. The molecule has 3 rings (SSSR count). The number of piperidine rings is 1. The summed E-state index contributed by atoms with van der Waals surface area (Å²) in [5.74, 6) is 0. The second-order valence-electron chi connectivity index (χ2n) is 8.89. The van der Waals surface area contributed by atoms with Gasteiger partial charge in [-0.05, 0) is 46.1 Å². The SMILES string of the molecule is C[C@@H]1CCC[C@H](C2(O)CN(C(=O)OC(C)(C)C)C2)N1Cc1ccccc1. The van der Waals surface area contributed by atoms with Crippen molar-refractivity contribution in [3.8, 4) is 0 Å². The van der Waals surface area contributed by atoms with Gasteiger partial charge >= 0.3 is 6.09 Å². The molecule has 1 aromatic carbocycles. The maximum atomic E-state index is 12.2. The van der Waals surface area contributed by atoms with Crippen LogP contribution < -0.4 is 0 Å². The molecule has 2 saturated heterocycles. The summed E-state index contributed by atoms with van der Waals surface area (Å²) in [6.45, 7) is 9.36. The lowest BCUT2D eigenvalue weighted by Gasteiger charge is -2.55. The molecule has 2 fully saturated rings. The number of hydrogen-bond donors (Lipinski definition) is 1. The van der Waals surface area contributed by atoms with E-state index in [-0.39, 0.29) is 12.1 Å². The van der Waals surface area contributed by atoms with Crippen LogP contribution in [0.1, 0.15) is 52.5 Å². The van der Waals surface area contributed by atoms with Crippen LogP contribution in [0.2, 0.25) is 0 Å². The third kappa shape index (κ3) is 4.21. The van der Waals surface area contributed by atoms with Crippen LogP contribution in [0.25, 0.3) is 0 Å². The molecule has 1 amide bonds. The van der Waals surface area contributed by atoms with Gasteiger partial charge in [0.25, 0.3) is 0 Å². The van der Waals surface area contributed by atoms with E-state index in [0.717, 1.165) is 25.8 Å².